The first-order chi connectivity index (χ1) is 9.92. The zero-order chi connectivity index (χ0) is 15.6. The molecule has 0 bridgehead atoms. The van der Waals surface area contributed by atoms with Gasteiger partial charge in [0.1, 0.15) is 17.3 Å². The van der Waals surface area contributed by atoms with Crippen molar-refractivity contribution in [2.24, 2.45) is 0 Å². The number of nitrogens with one attached hydrogen (secondary N) is 1. The summed E-state index contributed by atoms with van der Waals surface area (Å²) in [5, 5.41) is 2.04. The van der Waals surface area contributed by atoms with Crippen LogP contribution in [-0.2, 0) is 0 Å². The van der Waals surface area contributed by atoms with Crippen LogP contribution in [0.5, 0.6) is 5.75 Å². The van der Waals surface area contributed by atoms with Crippen LogP contribution in [0.4, 0.5) is 24.5 Å². The lowest BCUT2D eigenvalue weighted by Gasteiger charge is -2.10. The molecule has 0 radical (unpaired) electrons. The maximum Gasteiger partial charge on any atom is 0.255 e. The Kier molecular flexibility index (Phi) is 4.02. The van der Waals surface area contributed by atoms with Crippen LogP contribution < -0.4 is 15.8 Å². The average Bonchev–Trinajstić information content (AvgIpc) is 2.43. The number of halogens is 3. The second kappa shape index (κ2) is 5.74. The molecule has 0 atom stereocenters. The molecule has 2 aromatic rings. The minimum atomic E-state index is -1.21. The van der Waals surface area contributed by atoms with E-state index in [2.05, 4.69) is 0 Å². The van der Waals surface area contributed by atoms with E-state index in [-0.39, 0.29) is 11.3 Å². The van der Waals surface area contributed by atoms with E-state index >= 15 is 0 Å². The average molecular weight is 296 g/mol. The number of nitrogen functional groups attached to an aromatic ring is 1. The molecule has 0 aliphatic carbocycles. The summed E-state index contributed by atoms with van der Waals surface area (Å²) < 4.78 is 44.7. The van der Waals surface area contributed by atoms with Gasteiger partial charge in [0, 0.05) is 17.7 Å². The van der Waals surface area contributed by atoms with Crippen molar-refractivity contribution in [3.05, 3.63) is 53.3 Å². The highest BCUT2D eigenvalue weighted by Gasteiger charge is 2.16. The molecular formula is C14H11F3N2O2. The Morgan fingerprint density at radius 1 is 1.14 bits per heavy atom. The summed E-state index contributed by atoms with van der Waals surface area (Å²) in [5.74, 6) is -4.01. The van der Waals surface area contributed by atoms with E-state index in [4.69, 9.17) is 10.5 Å². The van der Waals surface area contributed by atoms with Gasteiger partial charge in [-0.2, -0.15) is 0 Å². The van der Waals surface area contributed by atoms with Crippen LogP contribution in [0.3, 0.4) is 0 Å². The van der Waals surface area contributed by atoms with Crippen molar-refractivity contribution in [1.82, 2.24) is 0 Å². The van der Waals surface area contributed by atoms with E-state index in [0.29, 0.717) is 17.8 Å². The molecule has 7 heteroatoms. The van der Waals surface area contributed by atoms with Crippen LogP contribution in [0.1, 0.15) is 10.4 Å². The van der Waals surface area contributed by atoms with Crippen LogP contribution in [0.25, 0.3) is 0 Å². The summed E-state index contributed by atoms with van der Waals surface area (Å²) in [7, 11) is 1.37. The molecular weight excluding hydrogens is 285 g/mol. The van der Waals surface area contributed by atoms with Gasteiger partial charge < -0.3 is 15.8 Å². The van der Waals surface area contributed by atoms with Crippen molar-refractivity contribution >= 4 is 17.3 Å². The summed E-state index contributed by atoms with van der Waals surface area (Å²) >= 11 is 0. The summed E-state index contributed by atoms with van der Waals surface area (Å²) in [6, 6.07) is 5.06. The van der Waals surface area contributed by atoms with Gasteiger partial charge in [0.2, 0.25) is 0 Å². The Morgan fingerprint density at radius 3 is 2.33 bits per heavy atom. The molecule has 0 saturated heterocycles. The lowest BCUT2D eigenvalue weighted by molar-refractivity contribution is 0.102. The van der Waals surface area contributed by atoms with Crippen molar-refractivity contribution in [3.63, 3.8) is 0 Å². The quantitative estimate of drug-likeness (QED) is 0.856. The fourth-order valence-electron chi connectivity index (χ4n) is 1.70. The molecule has 3 N–H and O–H groups in total. The van der Waals surface area contributed by atoms with E-state index in [1.165, 1.54) is 25.3 Å². The highest BCUT2D eigenvalue weighted by atomic mass is 19.1. The number of hydrogen-bond donors (Lipinski definition) is 2. The van der Waals surface area contributed by atoms with E-state index in [9.17, 15) is 18.0 Å². The van der Waals surface area contributed by atoms with Crippen molar-refractivity contribution < 1.29 is 22.7 Å². The van der Waals surface area contributed by atoms with Gasteiger partial charge in [0.15, 0.2) is 11.6 Å². The third kappa shape index (κ3) is 3.07. The molecule has 0 fully saturated rings. The zero-order valence-electron chi connectivity index (χ0n) is 10.9. The lowest BCUT2D eigenvalue weighted by Crippen LogP contribution is -2.15. The number of benzene rings is 2. The maximum absolute atomic E-state index is 13.5. The van der Waals surface area contributed by atoms with Crippen LogP contribution >= 0.6 is 0 Å². The van der Waals surface area contributed by atoms with Gasteiger partial charge in [-0.25, -0.2) is 13.2 Å². The number of carbonyl (C=O) groups is 1. The van der Waals surface area contributed by atoms with Crippen LogP contribution in [0.2, 0.25) is 0 Å². The third-order valence-corrected chi connectivity index (χ3v) is 2.74. The number of methoxy groups -OCH3 is 1. The number of ether oxygens (including phenoxy) is 1. The highest BCUT2D eigenvalue weighted by Crippen LogP contribution is 2.24. The monoisotopic (exact) mass is 296 g/mol. The first-order valence-electron chi connectivity index (χ1n) is 5.81. The molecule has 0 heterocycles. The van der Waals surface area contributed by atoms with Crippen LogP contribution in [0, 0.1) is 17.5 Å². The molecule has 0 aliphatic rings. The molecule has 2 aromatic carbocycles. The molecule has 21 heavy (non-hydrogen) atoms. The maximum atomic E-state index is 13.5. The fraction of sp³-hybridized carbons (Fsp3) is 0.0714. The SMILES string of the molecule is COc1cc(C(=O)Nc2c(F)cc(F)cc2F)ccc1N. The van der Waals surface area contributed by atoms with Crippen molar-refractivity contribution in [2.75, 3.05) is 18.2 Å². The summed E-state index contributed by atoms with van der Waals surface area (Å²) in [5.41, 5.74) is 5.27. The van der Waals surface area contributed by atoms with Gasteiger partial charge in [-0.05, 0) is 18.2 Å². The molecule has 0 spiro atoms. The van der Waals surface area contributed by atoms with E-state index in [1.807, 2.05) is 5.32 Å². The number of rotatable bonds is 3. The van der Waals surface area contributed by atoms with Crippen molar-refractivity contribution in [2.45, 2.75) is 0 Å². The number of nitrogens with two attached hydrogens (primary N) is 1. The molecule has 110 valence electrons. The topological polar surface area (TPSA) is 64.3 Å². The van der Waals surface area contributed by atoms with E-state index < -0.39 is 29.0 Å². The van der Waals surface area contributed by atoms with Crippen molar-refractivity contribution in [1.29, 1.82) is 0 Å². The summed E-state index contributed by atoms with van der Waals surface area (Å²) in [6.45, 7) is 0. The second-order valence-corrected chi connectivity index (χ2v) is 4.16. The van der Waals surface area contributed by atoms with Gasteiger partial charge in [-0.15, -0.1) is 0 Å². The Morgan fingerprint density at radius 2 is 1.76 bits per heavy atom. The Labute approximate surface area is 118 Å². The fourth-order valence-corrected chi connectivity index (χ4v) is 1.70. The van der Waals surface area contributed by atoms with Gasteiger partial charge in [-0.1, -0.05) is 0 Å². The molecule has 2 rings (SSSR count). The lowest BCUT2D eigenvalue weighted by atomic mass is 10.1. The smallest absolute Gasteiger partial charge is 0.255 e. The number of amides is 1. The Hall–Kier alpha value is -2.70. The van der Waals surface area contributed by atoms with Gasteiger partial charge >= 0.3 is 0 Å². The van der Waals surface area contributed by atoms with E-state index in [0.717, 1.165) is 0 Å². The number of carbonyl (C=O) groups excluding carboxylic acids is 1. The second-order valence-electron chi connectivity index (χ2n) is 4.16. The van der Waals surface area contributed by atoms with Gasteiger partial charge in [0.25, 0.3) is 5.91 Å². The van der Waals surface area contributed by atoms with Crippen LogP contribution in [0.15, 0.2) is 30.3 Å². The minimum absolute atomic E-state index is 0.0872. The predicted octanol–water partition coefficient (Wildman–Crippen LogP) is 2.95. The number of anilines is 2. The molecule has 0 aromatic heterocycles. The van der Waals surface area contributed by atoms with E-state index in [1.54, 1.807) is 0 Å². The Bertz CT molecular complexity index is 682. The molecule has 0 aliphatic heterocycles. The zero-order valence-corrected chi connectivity index (χ0v) is 10.9. The molecule has 0 saturated carbocycles. The van der Waals surface area contributed by atoms with Gasteiger partial charge in [-0.3, -0.25) is 4.79 Å². The first kappa shape index (κ1) is 14.7. The van der Waals surface area contributed by atoms with Gasteiger partial charge in [0.05, 0.1) is 12.8 Å². The standard InChI is InChI=1S/C14H11F3N2O2/c1-21-12-4-7(2-3-11(12)18)14(20)19-13-9(16)5-8(15)6-10(13)17/h2-6H,18H2,1H3,(H,19,20). The molecule has 4 nitrogen and oxygen atoms in total. The largest absolute Gasteiger partial charge is 0.495 e. The van der Waals surface area contributed by atoms with Crippen LogP contribution in [-0.4, -0.2) is 13.0 Å². The predicted molar refractivity (Wildman–Crippen MR) is 71.7 cm³/mol. The summed E-state index contributed by atoms with van der Waals surface area (Å²) in [6.07, 6.45) is 0. The first-order valence-corrected chi connectivity index (χ1v) is 5.81. The number of hydrogen-bond acceptors (Lipinski definition) is 3. The minimum Gasteiger partial charge on any atom is -0.495 e. The normalized spacial score (nSPS) is 10.3. The molecule has 0 unspecified atom stereocenters. The third-order valence-electron chi connectivity index (χ3n) is 2.74. The highest BCUT2D eigenvalue weighted by molar-refractivity contribution is 6.05. The van der Waals surface area contributed by atoms with Crippen molar-refractivity contribution in [3.8, 4) is 5.75 Å². The Balaban J connectivity index is 2.30. The molecule has 1 amide bonds. The summed E-state index contributed by atoms with van der Waals surface area (Å²) in [4.78, 5) is 11.9.